The van der Waals surface area contributed by atoms with Gasteiger partial charge in [0.25, 0.3) is 0 Å². The van der Waals surface area contributed by atoms with E-state index in [-0.39, 0.29) is 11.8 Å². The lowest BCUT2D eigenvalue weighted by Gasteiger charge is -2.34. The van der Waals surface area contributed by atoms with Gasteiger partial charge in [0.15, 0.2) is 17.3 Å². The molecule has 0 spiro atoms. The van der Waals surface area contributed by atoms with Gasteiger partial charge in [0.2, 0.25) is 5.95 Å². The predicted molar refractivity (Wildman–Crippen MR) is 89.6 cm³/mol. The molecule has 25 heavy (non-hydrogen) atoms. The molecule has 128 valence electrons. The Morgan fingerprint density at radius 1 is 1.20 bits per heavy atom. The van der Waals surface area contributed by atoms with Crippen molar-refractivity contribution in [2.75, 3.05) is 18.5 Å². The van der Waals surface area contributed by atoms with E-state index in [1.807, 2.05) is 18.2 Å². The monoisotopic (exact) mass is 338 g/mol. The minimum Gasteiger partial charge on any atom is -0.486 e. The van der Waals surface area contributed by atoms with Gasteiger partial charge in [-0.3, -0.25) is 4.79 Å². The molecule has 2 atom stereocenters. The van der Waals surface area contributed by atoms with Crippen molar-refractivity contribution in [1.29, 1.82) is 0 Å². The number of nitrogens with zero attached hydrogens (tertiary/aromatic N) is 3. The van der Waals surface area contributed by atoms with Crippen LogP contribution in [-0.2, 0) is 4.79 Å². The van der Waals surface area contributed by atoms with Crippen LogP contribution in [-0.4, -0.2) is 33.8 Å². The first kappa shape index (κ1) is 14.5. The highest BCUT2D eigenvalue weighted by Gasteiger charge is 2.38. The molecule has 2 unspecified atom stereocenters. The molecule has 1 aromatic heterocycles. The SMILES string of the molecule is CC1CC(=O)C2=C(C1)Nc1ncnn1C2c1ccc2c(c1)OCCO2. The van der Waals surface area contributed by atoms with E-state index < -0.39 is 0 Å². The molecular formula is C18H18N4O3. The minimum absolute atomic E-state index is 0.169. The Balaban J connectivity index is 1.67. The van der Waals surface area contributed by atoms with Crippen molar-refractivity contribution in [3.63, 3.8) is 0 Å². The molecular weight excluding hydrogens is 320 g/mol. The number of allylic oxidation sites excluding steroid dienone is 2. The number of hydrogen-bond acceptors (Lipinski definition) is 6. The van der Waals surface area contributed by atoms with Gasteiger partial charge in [0.1, 0.15) is 25.6 Å². The van der Waals surface area contributed by atoms with Crippen molar-refractivity contribution in [3.05, 3.63) is 41.4 Å². The highest BCUT2D eigenvalue weighted by molar-refractivity contribution is 5.99. The van der Waals surface area contributed by atoms with Crippen LogP contribution in [0.5, 0.6) is 11.5 Å². The molecule has 0 saturated heterocycles. The fourth-order valence-electron chi connectivity index (χ4n) is 3.88. The fourth-order valence-corrected chi connectivity index (χ4v) is 3.88. The molecule has 2 aromatic rings. The summed E-state index contributed by atoms with van der Waals surface area (Å²) in [4.78, 5) is 17.1. The second kappa shape index (κ2) is 5.34. The van der Waals surface area contributed by atoms with Crippen LogP contribution in [0.3, 0.4) is 0 Å². The van der Waals surface area contributed by atoms with Crippen LogP contribution < -0.4 is 14.8 Å². The molecule has 1 aromatic carbocycles. The Bertz CT molecular complexity index is 901. The molecule has 0 amide bonds. The number of carbonyl (C=O) groups excluding carboxylic acids is 1. The first-order chi connectivity index (χ1) is 12.2. The normalized spacial score (nSPS) is 24.4. The lowest BCUT2D eigenvalue weighted by Crippen LogP contribution is -2.33. The van der Waals surface area contributed by atoms with Gasteiger partial charge in [-0.05, 0) is 30.0 Å². The van der Waals surface area contributed by atoms with Gasteiger partial charge in [-0.1, -0.05) is 13.0 Å². The molecule has 2 aliphatic heterocycles. The number of ether oxygens (including phenoxy) is 2. The molecule has 3 heterocycles. The van der Waals surface area contributed by atoms with Gasteiger partial charge in [0, 0.05) is 17.7 Å². The number of Topliss-reactive ketones (excluding diaryl/α,β-unsaturated/α-hetero) is 1. The van der Waals surface area contributed by atoms with Gasteiger partial charge in [0.05, 0.1) is 0 Å². The van der Waals surface area contributed by atoms with E-state index in [0.29, 0.717) is 37.3 Å². The number of anilines is 1. The summed E-state index contributed by atoms with van der Waals surface area (Å²) in [5.74, 6) is 2.61. The molecule has 0 saturated carbocycles. The molecule has 7 nitrogen and oxygen atoms in total. The second-order valence-corrected chi connectivity index (χ2v) is 6.79. The molecule has 3 aliphatic rings. The number of hydrogen-bond donors (Lipinski definition) is 1. The summed E-state index contributed by atoms with van der Waals surface area (Å²) in [5, 5.41) is 7.65. The van der Waals surface area contributed by atoms with Crippen molar-refractivity contribution >= 4 is 11.7 Å². The van der Waals surface area contributed by atoms with Crippen LogP contribution in [0.2, 0.25) is 0 Å². The van der Waals surface area contributed by atoms with Crippen molar-refractivity contribution in [2.45, 2.75) is 25.8 Å². The van der Waals surface area contributed by atoms with Crippen LogP contribution in [0.25, 0.3) is 0 Å². The average molecular weight is 338 g/mol. The molecule has 1 aliphatic carbocycles. The van der Waals surface area contributed by atoms with Crippen molar-refractivity contribution < 1.29 is 14.3 Å². The maximum atomic E-state index is 12.8. The average Bonchev–Trinajstić information content (AvgIpc) is 3.07. The quantitative estimate of drug-likeness (QED) is 0.860. The largest absolute Gasteiger partial charge is 0.486 e. The number of carbonyl (C=O) groups is 1. The first-order valence-corrected chi connectivity index (χ1v) is 8.53. The second-order valence-electron chi connectivity index (χ2n) is 6.79. The Morgan fingerprint density at radius 3 is 2.92 bits per heavy atom. The van der Waals surface area contributed by atoms with E-state index in [9.17, 15) is 4.79 Å². The Kier molecular flexibility index (Phi) is 3.10. The zero-order chi connectivity index (χ0) is 17.0. The molecule has 0 bridgehead atoms. The van der Waals surface area contributed by atoms with E-state index in [0.717, 1.165) is 29.0 Å². The first-order valence-electron chi connectivity index (χ1n) is 8.53. The lowest BCUT2D eigenvalue weighted by atomic mass is 9.81. The fraction of sp³-hybridized carbons (Fsp3) is 0.389. The number of ketones is 1. The molecule has 0 radical (unpaired) electrons. The molecule has 7 heteroatoms. The zero-order valence-corrected chi connectivity index (χ0v) is 13.9. The van der Waals surface area contributed by atoms with Gasteiger partial charge < -0.3 is 14.8 Å². The van der Waals surface area contributed by atoms with Crippen LogP contribution in [0.1, 0.15) is 31.4 Å². The maximum absolute atomic E-state index is 12.8. The van der Waals surface area contributed by atoms with Crippen molar-refractivity contribution in [2.24, 2.45) is 5.92 Å². The summed E-state index contributed by atoms with van der Waals surface area (Å²) >= 11 is 0. The Labute approximate surface area is 144 Å². The summed E-state index contributed by atoms with van der Waals surface area (Å²) in [7, 11) is 0. The summed E-state index contributed by atoms with van der Waals surface area (Å²) < 4.78 is 13.1. The van der Waals surface area contributed by atoms with Crippen molar-refractivity contribution in [3.8, 4) is 11.5 Å². The summed E-state index contributed by atoms with van der Waals surface area (Å²) in [5.41, 5.74) is 2.70. The third-order valence-electron chi connectivity index (χ3n) is 4.95. The summed E-state index contributed by atoms with van der Waals surface area (Å²) in [6.45, 7) is 3.18. The van der Waals surface area contributed by atoms with Gasteiger partial charge in [-0.15, -0.1) is 0 Å². The van der Waals surface area contributed by atoms with Gasteiger partial charge >= 0.3 is 0 Å². The van der Waals surface area contributed by atoms with Gasteiger partial charge in [-0.2, -0.15) is 10.1 Å². The van der Waals surface area contributed by atoms with Crippen LogP contribution in [0.4, 0.5) is 5.95 Å². The molecule has 0 fully saturated rings. The van der Waals surface area contributed by atoms with E-state index in [1.54, 1.807) is 4.68 Å². The molecule has 1 N–H and O–H groups in total. The van der Waals surface area contributed by atoms with Gasteiger partial charge in [-0.25, -0.2) is 4.68 Å². The third-order valence-corrected chi connectivity index (χ3v) is 4.95. The topological polar surface area (TPSA) is 78.3 Å². The number of benzene rings is 1. The van der Waals surface area contributed by atoms with Crippen LogP contribution >= 0.6 is 0 Å². The van der Waals surface area contributed by atoms with E-state index >= 15 is 0 Å². The van der Waals surface area contributed by atoms with Crippen molar-refractivity contribution in [1.82, 2.24) is 14.8 Å². The minimum atomic E-state index is -0.287. The predicted octanol–water partition coefficient (Wildman–Crippen LogP) is 2.32. The highest BCUT2D eigenvalue weighted by atomic mass is 16.6. The molecule has 5 rings (SSSR count). The van der Waals surface area contributed by atoms with E-state index in [2.05, 4.69) is 22.3 Å². The number of aromatic nitrogens is 3. The van der Waals surface area contributed by atoms with Crippen LogP contribution in [0.15, 0.2) is 35.8 Å². The third kappa shape index (κ3) is 2.22. The van der Waals surface area contributed by atoms with E-state index in [4.69, 9.17) is 9.47 Å². The zero-order valence-electron chi connectivity index (χ0n) is 13.9. The summed E-state index contributed by atoms with van der Waals surface area (Å²) in [6.07, 6.45) is 2.92. The standard InChI is InChI=1S/C18H18N4O3/c1-10-6-12-16(13(23)7-10)17(22-18(21-12)19-9-20-22)11-2-3-14-15(8-11)25-5-4-24-14/h2-3,8-10,17H,4-7H2,1H3,(H,19,20,21). The lowest BCUT2D eigenvalue weighted by molar-refractivity contribution is -0.117. The number of rotatable bonds is 1. The number of fused-ring (bicyclic) bond motifs is 2. The Morgan fingerprint density at radius 2 is 2.04 bits per heavy atom. The smallest absolute Gasteiger partial charge is 0.226 e. The van der Waals surface area contributed by atoms with E-state index in [1.165, 1.54) is 6.33 Å². The number of nitrogens with one attached hydrogen (secondary N) is 1. The van der Waals surface area contributed by atoms with Crippen LogP contribution in [0, 0.1) is 5.92 Å². The Hall–Kier alpha value is -2.83. The highest BCUT2D eigenvalue weighted by Crippen LogP contribution is 2.43. The summed E-state index contributed by atoms with van der Waals surface area (Å²) in [6, 6.07) is 5.54. The maximum Gasteiger partial charge on any atom is 0.226 e.